The summed E-state index contributed by atoms with van der Waals surface area (Å²) in [5, 5.41) is 0. The van der Waals surface area contributed by atoms with Crippen LogP contribution in [0.4, 0.5) is 5.69 Å². The first kappa shape index (κ1) is 11.6. The lowest BCUT2D eigenvalue weighted by Crippen LogP contribution is -2.20. The van der Waals surface area contributed by atoms with Crippen LogP contribution >= 0.6 is 0 Å². The molecule has 1 aromatic rings. The average molecular weight is 206 g/mol. The average Bonchev–Trinajstić information content (AvgIpc) is 2.13. The summed E-state index contributed by atoms with van der Waals surface area (Å²) in [5.74, 6) is 0. The summed E-state index contributed by atoms with van der Waals surface area (Å²) < 4.78 is 1.65. The fourth-order valence-electron chi connectivity index (χ4n) is 1.35. The van der Waals surface area contributed by atoms with Crippen molar-refractivity contribution in [3.63, 3.8) is 0 Å². The van der Waals surface area contributed by atoms with Crippen molar-refractivity contribution in [1.29, 1.82) is 0 Å². The molecule has 0 saturated heterocycles. The minimum atomic E-state index is 0.0175. The molecule has 0 aliphatic rings. The Morgan fingerprint density at radius 1 is 1.53 bits per heavy atom. The summed E-state index contributed by atoms with van der Waals surface area (Å²) in [6.07, 6.45) is 4.70. The van der Waals surface area contributed by atoms with Gasteiger partial charge in [-0.05, 0) is 32.8 Å². The second-order valence-corrected chi connectivity index (χ2v) is 4.01. The fraction of sp³-hybridized carbons (Fsp3) is 0.417. The summed E-state index contributed by atoms with van der Waals surface area (Å²) in [6.45, 7) is 6.63. The first-order valence-corrected chi connectivity index (χ1v) is 5.10. The van der Waals surface area contributed by atoms with Gasteiger partial charge in [0, 0.05) is 18.8 Å². The molecular formula is C12H18N2O. The molecule has 0 aliphatic heterocycles. The molecule has 0 aliphatic carbocycles. The highest BCUT2D eigenvalue weighted by atomic mass is 16.1. The number of aromatic nitrogens is 1. The van der Waals surface area contributed by atoms with E-state index in [1.54, 1.807) is 16.8 Å². The smallest absolute Gasteiger partial charge is 0.250 e. The molecule has 0 fully saturated rings. The summed E-state index contributed by atoms with van der Waals surface area (Å²) in [4.78, 5) is 11.6. The second-order valence-electron chi connectivity index (χ2n) is 4.01. The monoisotopic (exact) mass is 206 g/mol. The van der Waals surface area contributed by atoms with Crippen LogP contribution in [0.2, 0.25) is 0 Å². The van der Waals surface area contributed by atoms with E-state index in [0.717, 1.165) is 12.0 Å². The maximum Gasteiger partial charge on any atom is 0.250 e. The van der Waals surface area contributed by atoms with Gasteiger partial charge >= 0.3 is 0 Å². The first-order chi connectivity index (χ1) is 7.00. The molecule has 0 radical (unpaired) electrons. The van der Waals surface area contributed by atoms with Gasteiger partial charge < -0.3 is 10.3 Å². The predicted molar refractivity (Wildman–Crippen MR) is 63.9 cm³/mol. The molecule has 3 nitrogen and oxygen atoms in total. The van der Waals surface area contributed by atoms with Crippen molar-refractivity contribution in [2.45, 2.75) is 33.7 Å². The third kappa shape index (κ3) is 3.27. The number of hydrogen-bond donors (Lipinski definition) is 1. The molecule has 15 heavy (non-hydrogen) atoms. The van der Waals surface area contributed by atoms with Crippen molar-refractivity contribution >= 4 is 5.69 Å². The lowest BCUT2D eigenvalue weighted by Gasteiger charge is -2.06. The highest BCUT2D eigenvalue weighted by Gasteiger charge is 1.99. The Labute approximate surface area is 90.2 Å². The van der Waals surface area contributed by atoms with Crippen LogP contribution < -0.4 is 11.3 Å². The zero-order valence-electron chi connectivity index (χ0n) is 9.58. The van der Waals surface area contributed by atoms with Crippen LogP contribution in [0.15, 0.2) is 28.7 Å². The lowest BCUT2D eigenvalue weighted by atomic mass is 10.2. The topological polar surface area (TPSA) is 48.0 Å². The number of nitrogens with zero attached hydrogens (tertiary/aromatic N) is 1. The van der Waals surface area contributed by atoms with Gasteiger partial charge in [-0.3, -0.25) is 4.79 Å². The van der Waals surface area contributed by atoms with Crippen molar-refractivity contribution < 1.29 is 0 Å². The van der Waals surface area contributed by atoms with E-state index in [1.165, 1.54) is 5.57 Å². The Hall–Kier alpha value is -1.51. The third-order valence-corrected chi connectivity index (χ3v) is 2.30. The van der Waals surface area contributed by atoms with E-state index in [2.05, 4.69) is 6.08 Å². The maximum absolute atomic E-state index is 11.6. The Morgan fingerprint density at radius 2 is 2.20 bits per heavy atom. The van der Waals surface area contributed by atoms with Crippen molar-refractivity contribution in [2.24, 2.45) is 0 Å². The van der Waals surface area contributed by atoms with Crippen LogP contribution in [-0.2, 0) is 6.54 Å². The van der Waals surface area contributed by atoms with Gasteiger partial charge in [0.1, 0.15) is 0 Å². The fourth-order valence-corrected chi connectivity index (χ4v) is 1.35. The number of anilines is 1. The van der Waals surface area contributed by atoms with E-state index in [-0.39, 0.29) is 5.56 Å². The predicted octanol–water partition coefficient (Wildman–Crippen LogP) is 2.10. The minimum absolute atomic E-state index is 0.0175. The molecule has 0 saturated carbocycles. The molecule has 1 heterocycles. The van der Waals surface area contributed by atoms with Gasteiger partial charge in [-0.25, -0.2) is 0 Å². The number of hydrogen-bond acceptors (Lipinski definition) is 2. The second kappa shape index (κ2) is 4.82. The molecule has 1 rings (SSSR count). The number of rotatable bonds is 3. The molecule has 0 atom stereocenters. The van der Waals surface area contributed by atoms with Crippen molar-refractivity contribution in [3.05, 3.63) is 39.8 Å². The van der Waals surface area contributed by atoms with Crippen molar-refractivity contribution in [3.8, 4) is 0 Å². The van der Waals surface area contributed by atoms with E-state index < -0.39 is 0 Å². The molecule has 0 bridgehead atoms. The van der Waals surface area contributed by atoms with Gasteiger partial charge in [0.25, 0.3) is 5.56 Å². The summed E-state index contributed by atoms with van der Waals surface area (Å²) in [5.41, 5.74) is 8.55. The lowest BCUT2D eigenvalue weighted by molar-refractivity contribution is 0.679. The van der Waals surface area contributed by atoms with E-state index in [9.17, 15) is 4.79 Å². The Kier molecular flexibility index (Phi) is 3.72. The normalized spacial score (nSPS) is 10.1. The van der Waals surface area contributed by atoms with Crippen LogP contribution in [-0.4, -0.2) is 4.57 Å². The third-order valence-electron chi connectivity index (χ3n) is 2.30. The van der Waals surface area contributed by atoms with Crippen LogP contribution in [0.25, 0.3) is 0 Å². The van der Waals surface area contributed by atoms with Crippen molar-refractivity contribution in [2.75, 3.05) is 5.73 Å². The molecule has 3 heteroatoms. The number of nitrogens with two attached hydrogens (primary N) is 1. The van der Waals surface area contributed by atoms with Gasteiger partial charge in [-0.15, -0.1) is 0 Å². The number of aryl methyl sites for hydroxylation is 2. The Balaban J connectivity index is 2.82. The van der Waals surface area contributed by atoms with Gasteiger partial charge in [0.05, 0.1) is 5.69 Å². The van der Waals surface area contributed by atoms with Gasteiger partial charge in [-0.1, -0.05) is 11.6 Å². The SMILES string of the molecule is CC(C)=CCCn1cc(N)c(C)cc1=O. The van der Waals surface area contributed by atoms with Crippen LogP contribution in [0.5, 0.6) is 0 Å². The van der Waals surface area contributed by atoms with E-state index in [4.69, 9.17) is 5.73 Å². The highest BCUT2D eigenvalue weighted by molar-refractivity contribution is 5.42. The van der Waals surface area contributed by atoms with E-state index in [1.807, 2.05) is 20.8 Å². The Morgan fingerprint density at radius 3 is 2.80 bits per heavy atom. The van der Waals surface area contributed by atoms with Crippen molar-refractivity contribution in [1.82, 2.24) is 4.57 Å². The zero-order valence-corrected chi connectivity index (χ0v) is 9.58. The summed E-state index contributed by atoms with van der Waals surface area (Å²) in [6, 6.07) is 1.58. The summed E-state index contributed by atoms with van der Waals surface area (Å²) in [7, 11) is 0. The largest absolute Gasteiger partial charge is 0.397 e. The quantitative estimate of drug-likeness (QED) is 0.770. The van der Waals surface area contributed by atoms with Crippen LogP contribution in [0.1, 0.15) is 25.8 Å². The molecule has 1 aromatic heterocycles. The zero-order chi connectivity index (χ0) is 11.4. The molecule has 0 aromatic carbocycles. The maximum atomic E-state index is 11.6. The summed E-state index contributed by atoms with van der Waals surface area (Å²) >= 11 is 0. The number of allylic oxidation sites excluding steroid dienone is 2. The van der Waals surface area contributed by atoms with Gasteiger partial charge in [0.15, 0.2) is 0 Å². The Bertz CT molecular complexity index is 426. The molecule has 0 unspecified atom stereocenters. The molecular weight excluding hydrogens is 188 g/mol. The molecule has 0 amide bonds. The first-order valence-electron chi connectivity index (χ1n) is 5.10. The number of nitrogen functional groups attached to an aromatic ring is 1. The molecule has 82 valence electrons. The molecule has 0 spiro atoms. The minimum Gasteiger partial charge on any atom is -0.397 e. The highest BCUT2D eigenvalue weighted by Crippen LogP contribution is 2.06. The standard InChI is InChI=1S/C12H18N2O/c1-9(2)5-4-6-14-8-11(13)10(3)7-12(14)15/h5,7-8H,4,6,13H2,1-3H3. The molecule has 2 N–H and O–H groups in total. The van der Waals surface area contributed by atoms with Gasteiger partial charge in [-0.2, -0.15) is 0 Å². The van der Waals surface area contributed by atoms with E-state index >= 15 is 0 Å². The van der Waals surface area contributed by atoms with Gasteiger partial charge in [0.2, 0.25) is 0 Å². The van der Waals surface area contributed by atoms with Crippen LogP contribution in [0, 0.1) is 6.92 Å². The van der Waals surface area contributed by atoms with E-state index in [0.29, 0.717) is 12.2 Å². The number of pyridine rings is 1. The van der Waals surface area contributed by atoms with Crippen LogP contribution in [0.3, 0.4) is 0 Å².